The van der Waals surface area contributed by atoms with E-state index in [4.69, 9.17) is 9.47 Å². The van der Waals surface area contributed by atoms with Crippen molar-refractivity contribution in [2.75, 3.05) is 17.2 Å². The third kappa shape index (κ3) is 6.00. The Kier molecular flexibility index (Phi) is 8.37. The van der Waals surface area contributed by atoms with Crippen LogP contribution in [-0.2, 0) is 16.1 Å². The van der Waals surface area contributed by atoms with Gasteiger partial charge in [0.15, 0.2) is 6.23 Å². The Labute approximate surface area is 189 Å². The summed E-state index contributed by atoms with van der Waals surface area (Å²) < 4.78 is 33.4. The van der Waals surface area contributed by atoms with Crippen molar-refractivity contribution >= 4 is 33.8 Å². The largest absolute Gasteiger partial charge is 0.465 e. The third-order valence-electron chi connectivity index (χ3n) is 5.29. The number of nitrogens with zero attached hydrogens (tertiary/aromatic N) is 1. The van der Waals surface area contributed by atoms with Crippen LogP contribution in [0.2, 0.25) is 0 Å². The maximum Gasteiger partial charge on any atom is 0.348 e. The van der Waals surface area contributed by atoms with Gasteiger partial charge in [0.05, 0.1) is 31.3 Å². The summed E-state index contributed by atoms with van der Waals surface area (Å²) >= 11 is 1.29. The number of carbonyl (C=O) groups is 1. The van der Waals surface area contributed by atoms with Crippen molar-refractivity contribution in [1.82, 2.24) is 0 Å². The number of ether oxygens (including phenoxy) is 2. The molecule has 31 heavy (non-hydrogen) atoms. The Bertz CT molecular complexity index is 854. The molecule has 172 valence electrons. The second-order valence-electron chi connectivity index (χ2n) is 7.58. The van der Waals surface area contributed by atoms with Crippen LogP contribution in [0.25, 0.3) is 0 Å². The van der Waals surface area contributed by atoms with Crippen LogP contribution in [0.15, 0.2) is 36.4 Å². The lowest BCUT2D eigenvalue weighted by Gasteiger charge is -2.40. The van der Waals surface area contributed by atoms with Gasteiger partial charge in [0.2, 0.25) is 0 Å². The van der Waals surface area contributed by atoms with E-state index in [1.165, 1.54) is 22.8 Å². The highest BCUT2D eigenvalue weighted by molar-refractivity contribution is 8.25. The molecule has 2 atom stereocenters. The van der Waals surface area contributed by atoms with E-state index in [0.717, 1.165) is 29.7 Å². The number of aliphatic hydroxyl groups is 1. The highest BCUT2D eigenvalue weighted by atomic mass is 32.3. The van der Waals surface area contributed by atoms with Gasteiger partial charge in [-0.15, -0.1) is 22.1 Å². The average molecular weight is 470 g/mol. The van der Waals surface area contributed by atoms with E-state index in [2.05, 4.69) is 6.92 Å². The molecule has 0 bridgehead atoms. The molecule has 0 amide bonds. The normalized spacial score (nSPS) is 19.9. The van der Waals surface area contributed by atoms with Crippen LogP contribution in [0.1, 0.15) is 65.2 Å². The molecule has 0 aliphatic carbocycles. The zero-order valence-corrected chi connectivity index (χ0v) is 19.5. The summed E-state index contributed by atoms with van der Waals surface area (Å²) in [5, 5.41) is 10.4. The van der Waals surface area contributed by atoms with E-state index in [1.807, 2.05) is 18.2 Å². The highest BCUT2D eigenvalue weighted by Gasteiger charge is 2.38. The number of hydrogen-bond donors (Lipinski definition) is 3. The second-order valence-corrected chi connectivity index (χ2v) is 10.8. The summed E-state index contributed by atoms with van der Waals surface area (Å²) in [6, 6.07) is 10.8. The minimum Gasteiger partial charge on any atom is -0.465 e. The Morgan fingerprint density at radius 2 is 1.97 bits per heavy atom. The topological polar surface area (TPSA) is 99.5 Å². The summed E-state index contributed by atoms with van der Waals surface area (Å²) in [5.41, 5.74) is 1.47. The molecule has 3 N–H and O–H groups in total. The Morgan fingerprint density at radius 1 is 1.23 bits per heavy atom. The van der Waals surface area contributed by atoms with Crippen LogP contribution in [0.5, 0.6) is 0 Å². The monoisotopic (exact) mass is 469 g/mol. The van der Waals surface area contributed by atoms with Crippen LogP contribution < -0.4 is 4.31 Å². The van der Waals surface area contributed by atoms with Crippen molar-refractivity contribution < 1.29 is 28.5 Å². The van der Waals surface area contributed by atoms with Crippen molar-refractivity contribution in [1.29, 1.82) is 0 Å². The van der Waals surface area contributed by atoms with Gasteiger partial charge in [-0.2, -0.15) is 0 Å². The number of carbonyl (C=O) groups excluding carboxylic acids is 1. The minimum atomic E-state index is -2.98. The van der Waals surface area contributed by atoms with Gasteiger partial charge in [-0.05, 0) is 36.2 Å². The molecule has 1 aromatic heterocycles. The molecule has 0 saturated carbocycles. The average Bonchev–Trinajstić information content (AvgIpc) is 3.35. The smallest absolute Gasteiger partial charge is 0.348 e. The van der Waals surface area contributed by atoms with Crippen LogP contribution in [0, 0.1) is 0 Å². The standard InChI is InChI=1S/C22H31NO6S2/c1-3-4-5-6-19(24)16-7-9-17(10-8-16)23-21(13-14-31(23,26)27)29-15-18-11-12-20(30-18)22(25)28-2/h7-12,19,21,24,26-27H,3-6,13-15H2,1-2H3. The minimum absolute atomic E-state index is 0.233. The zero-order valence-electron chi connectivity index (χ0n) is 17.9. The van der Waals surface area contributed by atoms with Gasteiger partial charge in [0.25, 0.3) is 0 Å². The van der Waals surface area contributed by atoms with Crippen molar-refractivity contribution in [2.24, 2.45) is 0 Å². The number of methoxy groups -OCH3 is 1. The SMILES string of the molecule is CCCCCC(O)c1ccc(N2C(OCc3ccc(C(=O)OC)s3)CCS2(O)O)cc1. The van der Waals surface area contributed by atoms with Gasteiger partial charge >= 0.3 is 5.97 Å². The number of benzene rings is 1. The number of hydrogen-bond acceptors (Lipinski definition) is 8. The molecular weight excluding hydrogens is 438 g/mol. The van der Waals surface area contributed by atoms with Crippen molar-refractivity contribution in [3.63, 3.8) is 0 Å². The van der Waals surface area contributed by atoms with Gasteiger partial charge in [0, 0.05) is 11.3 Å². The van der Waals surface area contributed by atoms with Gasteiger partial charge in [0.1, 0.15) is 4.88 Å². The highest BCUT2D eigenvalue weighted by Crippen LogP contribution is 2.54. The first-order valence-corrected chi connectivity index (χ1v) is 13.0. The number of esters is 1. The first-order valence-electron chi connectivity index (χ1n) is 10.5. The predicted octanol–water partition coefficient (Wildman–Crippen LogP) is 5.57. The quantitative estimate of drug-likeness (QED) is 0.309. The molecule has 2 heterocycles. The van der Waals surface area contributed by atoms with Crippen molar-refractivity contribution in [3.05, 3.63) is 51.7 Å². The van der Waals surface area contributed by atoms with Crippen LogP contribution in [-0.4, -0.2) is 39.3 Å². The third-order valence-corrected chi connectivity index (χ3v) is 8.19. The fraction of sp³-hybridized carbons (Fsp3) is 0.500. The van der Waals surface area contributed by atoms with Crippen LogP contribution in [0.4, 0.5) is 5.69 Å². The van der Waals surface area contributed by atoms with E-state index in [1.54, 1.807) is 18.2 Å². The van der Waals surface area contributed by atoms with Crippen LogP contribution in [0.3, 0.4) is 0 Å². The van der Waals surface area contributed by atoms with E-state index in [0.29, 0.717) is 23.4 Å². The number of thiophene rings is 1. The summed E-state index contributed by atoms with van der Waals surface area (Å²) in [7, 11) is -1.64. The number of unbranched alkanes of at least 4 members (excludes halogenated alkanes) is 2. The second kappa shape index (κ2) is 10.8. The van der Waals surface area contributed by atoms with Crippen molar-refractivity contribution in [3.8, 4) is 0 Å². The Morgan fingerprint density at radius 3 is 2.65 bits per heavy atom. The maximum absolute atomic E-state index is 11.6. The molecule has 1 aliphatic rings. The molecule has 1 fully saturated rings. The molecule has 2 unspecified atom stereocenters. The van der Waals surface area contributed by atoms with E-state index >= 15 is 0 Å². The first-order chi connectivity index (χ1) is 14.9. The molecular formula is C22H31NO6S2. The molecule has 7 nitrogen and oxygen atoms in total. The number of rotatable bonds is 10. The van der Waals surface area contributed by atoms with Gasteiger partial charge in [-0.1, -0.05) is 38.3 Å². The number of aliphatic hydroxyl groups excluding tert-OH is 1. The molecule has 3 rings (SSSR count). The van der Waals surface area contributed by atoms with Gasteiger partial charge in [-0.3, -0.25) is 9.11 Å². The summed E-state index contributed by atoms with van der Waals surface area (Å²) in [6.07, 6.45) is 3.36. The predicted molar refractivity (Wildman–Crippen MR) is 125 cm³/mol. The Balaban J connectivity index is 1.66. The molecule has 1 saturated heterocycles. The molecule has 1 aliphatic heterocycles. The van der Waals surface area contributed by atoms with Crippen LogP contribution >= 0.6 is 22.1 Å². The molecule has 2 aromatic rings. The molecule has 0 radical (unpaired) electrons. The fourth-order valence-electron chi connectivity index (χ4n) is 3.59. The lowest BCUT2D eigenvalue weighted by molar-refractivity contribution is 0.0530. The summed E-state index contributed by atoms with van der Waals surface area (Å²) in [5.74, 6) is -0.151. The lowest BCUT2D eigenvalue weighted by Crippen LogP contribution is -2.32. The van der Waals surface area contributed by atoms with E-state index in [-0.39, 0.29) is 18.3 Å². The zero-order chi connectivity index (χ0) is 22.4. The summed E-state index contributed by atoms with van der Waals surface area (Å²) in [4.78, 5) is 13.0. The summed E-state index contributed by atoms with van der Waals surface area (Å²) in [6.45, 7) is 2.39. The maximum atomic E-state index is 11.6. The molecule has 1 aromatic carbocycles. The Hall–Kier alpha value is -1.62. The van der Waals surface area contributed by atoms with Crippen molar-refractivity contribution in [2.45, 2.75) is 58.0 Å². The first kappa shape index (κ1) is 24.0. The van der Waals surface area contributed by atoms with E-state index in [9.17, 15) is 19.0 Å². The van der Waals surface area contributed by atoms with Gasteiger partial charge in [-0.25, -0.2) is 9.10 Å². The molecule has 9 heteroatoms. The molecule has 0 spiro atoms. The fourth-order valence-corrected chi connectivity index (χ4v) is 6.16. The van der Waals surface area contributed by atoms with Gasteiger partial charge < -0.3 is 14.6 Å². The lowest BCUT2D eigenvalue weighted by atomic mass is 10.0. The van der Waals surface area contributed by atoms with E-state index < -0.39 is 23.1 Å². The number of anilines is 1.